The fourth-order valence-electron chi connectivity index (χ4n) is 0.136. The summed E-state index contributed by atoms with van der Waals surface area (Å²) in [6.07, 6.45) is 0. The molecular weight excluding hydrogens is 137 g/mol. The van der Waals surface area contributed by atoms with E-state index in [2.05, 4.69) is 11.6 Å². The number of hydrogen-bond acceptors (Lipinski definition) is 0. The lowest BCUT2D eigenvalue weighted by Gasteiger charge is -1.91. The molecule has 0 amide bonds. The maximum Gasteiger partial charge on any atom is 0.386 e. The van der Waals surface area contributed by atoms with Crippen LogP contribution in [-0.2, 0) is 5.11 Å². The predicted octanol–water partition coefficient (Wildman–Crippen LogP) is 1.25. The van der Waals surface area contributed by atoms with Crippen LogP contribution in [-0.4, -0.2) is 12.0 Å². The van der Waals surface area contributed by atoms with Crippen LogP contribution in [0.15, 0.2) is 0 Å². The van der Waals surface area contributed by atoms with Gasteiger partial charge in [0.1, 0.15) is 6.61 Å². The largest absolute Gasteiger partial charge is 0.386 e. The quantitative estimate of drug-likeness (QED) is 0.356. The molecule has 0 saturated carbocycles. The van der Waals surface area contributed by atoms with Crippen LogP contribution in [0.2, 0.25) is 0 Å². The molecule has 0 aliphatic carbocycles. The van der Waals surface area contributed by atoms with E-state index in [1.165, 1.54) is 5.92 Å². The Kier molecular flexibility index (Phi) is 2.74. The van der Waals surface area contributed by atoms with Crippen LogP contribution in [0.3, 0.4) is 0 Å². The summed E-state index contributed by atoms with van der Waals surface area (Å²) in [6.45, 7) is -0.845. The van der Waals surface area contributed by atoms with E-state index >= 15 is 0 Å². The second-order valence-corrected chi connectivity index (χ2v) is 1.42. The van der Waals surface area contributed by atoms with Crippen molar-refractivity contribution < 1.29 is 13.9 Å². The van der Waals surface area contributed by atoms with Crippen molar-refractivity contribution in [3.8, 4) is 11.8 Å². The van der Waals surface area contributed by atoms with Gasteiger partial charge in [0.2, 0.25) is 0 Å². The first-order valence-electron chi connectivity index (χ1n) is 1.71. The number of rotatable bonds is 0. The Morgan fingerprint density at radius 1 is 1.62 bits per heavy atom. The Morgan fingerprint density at radius 2 is 2.12 bits per heavy atom. The maximum atomic E-state index is 11.4. The Labute approximate surface area is 50.3 Å². The first kappa shape index (κ1) is 7.67. The van der Waals surface area contributed by atoms with Crippen LogP contribution in [0.25, 0.3) is 0 Å². The van der Waals surface area contributed by atoms with Gasteiger partial charge >= 0.3 is 5.38 Å². The van der Waals surface area contributed by atoms with Gasteiger partial charge in [-0.25, -0.2) is 5.11 Å². The second-order valence-electron chi connectivity index (χ2n) is 0.944. The van der Waals surface area contributed by atoms with E-state index in [4.69, 9.17) is 0 Å². The summed E-state index contributed by atoms with van der Waals surface area (Å²) in [5, 5.41) is 5.87. The van der Waals surface area contributed by atoms with E-state index in [0.717, 1.165) is 0 Å². The van der Waals surface area contributed by atoms with Gasteiger partial charge in [-0.3, -0.25) is 0 Å². The van der Waals surface area contributed by atoms with E-state index in [1.807, 2.05) is 0 Å². The summed E-state index contributed by atoms with van der Waals surface area (Å²) in [4.78, 5) is 0. The van der Waals surface area contributed by atoms with Crippen molar-refractivity contribution >= 4 is 11.6 Å². The van der Waals surface area contributed by atoms with Gasteiger partial charge in [0.25, 0.3) is 0 Å². The molecular formula is C4H2ClF2O. The Balaban J connectivity index is 3.69. The molecule has 0 N–H and O–H groups in total. The standard InChI is InChI=1S/C4H2ClF2O/c5-4(6,7)2-1-3-8/h3H2. The van der Waals surface area contributed by atoms with Crippen LogP contribution in [0.5, 0.6) is 0 Å². The minimum atomic E-state index is -3.54. The van der Waals surface area contributed by atoms with Crippen molar-refractivity contribution in [2.24, 2.45) is 0 Å². The molecule has 1 nitrogen and oxygen atoms in total. The molecule has 45 valence electrons. The minimum absolute atomic E-state index is 0.845. The van der Waals surface area contributed by atoms with Crippen LogP contribution < -0.4 is 0 Å². The zero-order chi connectivity index (χ0) is 6.62. The van der Waals surface area contributed by atoms with Gasteiger partial charge in [0, 0.05) is 0 Å². The molecule has 0 spiro atoms. The third kappa shape index (κ3) is 5.67. The van der Waals surface area contributed by atoms with Gasteiger partial charge in [-0.1, -0.05) is 5.92 Å². The Bertz CT molecular complexity index is 118. The van der Waals surface area contributed by atoms with Crippen LogP contribution in [0.1, 0.15) is 0 Å². The van der Waals surface area contributed by atoms with Crippen molar-refractivity contribution in [2.75, 3.05) is 6.61 Å². The van der Waals surface area contributed by atoms with Crippen LogP contribution in [0, 0.1) is 11.8 Å². The lowest BCUT2D eigenvalue weighted by Crippen LogP contribution is -1.99. The van der Waals surface area contributed by atoms with Gasteiger partial charge in [0.15, 0.2) is 0 Å². The first-order chi connectivity index (χ1) is 3.56. The van der Waals surface area contributed by atoms with Crippen LogP contribution >= 0.6 is 11.6 Å². The minimum Gasteiger partial charge on any atom is -0.223 e. The molecule has 0 aromatic heterocycles. The molecule has 0 rings (SSSR count). The van der Waals surface area contributed by atoms with E-state index in [9.17, 15) is 13.9 Å². The van der Waals surface area contributed by atoms with Gasteiger partial charge in [-0.15, -0.1) is 0 Å². The average molecular weight is 140 g/mol. The van der Waals surface area contributed by atoms with E-state index in [1.54, 1.807) is 5.92 Å². The molecule has 1 radical (unpaired) electrons. The lowest BCUT2D eigenvalue weighted by molar-refractivity contribution is 0.163. The fraction of sp³-hybridized carbons (Fsp3) is 0.500. The highest BCUT2D eigenvalue weighted by atomic mass is 35.5. The van der Waals surface area contributed by atoms with Crippen molar-refractivity contribution in [1.82, 2.24) is 0 Å². The predicted molar refractivity (Wildman–Crippen MR) is 24.1 cm³/mol. The molecule has 0 unspecified atom stereocenters. The van der Waals surface area contributed by atoms with Crippen molar-refractivity contribution in [3.05, 3.63) is 0 Å². The summed E-state index contributed by atoms with van der Waals surface area (Å²) in [5.41, 5.74) is 0. The highest BCUT2D eigenvalue weighted by Gasteiger charge is 2.19. The summed E-state index contributed by atoms with van der Waals surface area (Å²) in [7, 11) is 0. The van der Waals surface area contributed by atoms with Crippen molar-refractivity contribution in [2.45, 2.75) is 5.38 Å². The molecule has 0 saturated heterocycles. The SMILES string of the molecule is [O]CC#CC(F)(F)Cl. The summed E-state index contributed by atoms with van der Waals surface area (Å²) >= 11 is 4.27. The van der Waals surface area contributed by atoms with Gasteiger partial charge in [0.05, 0.1) is 0 Å². The molecule has 0 aromatic carbocycles. The Hall–Kier alpha value is -0.330. The zero-order valence-electron chi connectivity index (χ0n) is 3.75. The summed E-state index contributed by atoms with van der Waals surface area (Å²) < 4.78 is 22.7. The number of alkyl halides is 3. The molecule has 8 heavy (non-hydrogen) atoms. The van der Waals surface area contributed by atoms with E-state index < -0.39 is 12.0 Å². The molecule has 0 aromatic rings. The second kappa shape index (κ2) is 2.85. The Morgan fingerprint density at radius 3 is 2.25 bits per heavy atom. The fourth-order valence-corrected chi connectivity index (χ4v) is 0.203. The van der Waals surface area contributed by atoms with E-state index in [-0.39, 0.29) is 0 Å². The van der Waals surface area contributed by atoms with Gasteiger partial charge in [-0.2, -0.15) is 8.78 Å². The monoisotopic (exact) mass is 139 g/mol. The van der Waals surface area contributed by atoms with Gasteiger partial charge < -0.3 is 0 Å². The molecule has 4 heteroatoms. The topological polar surface area (TPSA) is 19.9 Å². The van der Waals surface area contributed by atoms with E-state index in [0.29, 0.717) is 0 Å². The molecule has 0 atom stereocenters. The van der Waals surface area contributed by atoms with Crippen molar-refractivity contribution in [3.63, 3.8) is 0 Å². The zero-order valence-corrected chi connectivity index (χ0v) is 4.51. The lowest BCUT2D eigenvalue weighted by atomic mass is 10.6. The van der Waals surface area contributed by atoms with Crippen molar-refractivity contribution in [1.29, 1.82) is 0 Å². The summed E-state index contributed by atoms with van der Waals surface area (Å²) in [5.74, 6) is 2.84. The number of hydrogen-bond donors (Lipinski definition) is 0. The highest BCUT2D eigenvalue weighted by Crippen LogP contribution is 2.15. The molecule has 0 fully saturated rings. The normalized spacial score (nSPS) is 10.0. The molecule has 0 heterocycles. The highest BCUT2D eigenvalue weighted by molar-refractivity contribution is 6.23. The molecule has 0 bridgehead atoms. The maximum absolute atomic E-state index is 11.4. The van der Waals surface area contributed by atoms with Crippen LogP contribution in [0.4, 0.5) is 8.78 Å². The average Bonchev–Trinajstić information content (AvgIpc) is 1.59. The van der Waals surface area contributed by atoms with Gasteiger partial charge in [-0.05, 0) is 17.5 Å². The number of halogens is 3. The molecule has 0 aliphatic rings. The summed E-state index contributed by atoms with van der Waals surface area (Å²) in [6, 6.07) is 0. The third-order valence-electron chi connectivity index (χ3n) is 0.302. The first-order valence-corrected chi connectivity index (χ1v) is 2.09. The molecule has 0 aliphatic heterocycles. The smallest absolute Gasteiger partial charge is 0.223 e. The third-order valence-corrected chi connectivity index (χ3v) is 0.397.